The summed E-state index contributed by atoms with van der Waals surface area (Å²) in [4.78, 5) is 16.2. The first-order valence-electron chi connectivity index (χ1n) is 7.31. The van der Waals surface area contributed by atoms with E-state index in [1.165, 1.54) is 6.07 Å². The van der Waals surface area contributed by atoms with Gasteiger partial charge in [-0.2, -0.15) is 10.2 Å². The van der Waals surface area contributed by atoms with E-state index in [9.17, 15) is 4.79 Å². The van der Waals surface area contributed by atoms with Crippen molar-refractivity contribution in [1.82, 2.24) is 4.98 Å². The SMILES string of the molecule is CCOc1nc(NC(=O)CCc2ccccc2)cc(N)c1C#N. The van der Waals surface area contributed by atoms with Gasteiger partial charge in [0.25, 0.3) is 0 Å². The van der Waals surface area contributed by atoms with Crippen molar-refractivity contribution in [3.63, 3.8) is 0 Å². The van der Waals surface area contributed by atoms with Crippen LogP contribution in [0.1, 0.15) is 24.5 Å². The zero-order valence-corrected chi connectivity index (χ0v) is 12.9. The first kappa shape index (κ1) is 16.3. The van der Waals surface area contributed by atoms with Gasteiger partial charge in [0.2, 0.25) is 11.8 Å². The summed E-state index contributed by atoms with van der Waals surface area (Å²) >= 11 is 0. The number of benzene rings is 1. The molecule has 6 nitrogen and oxygen atoms in total. The molecule has 0 fully saturated rings. The molecule has 23 heavy (non-hydrogen) atoms. The molecule has 1 aromatic carbocycles. The first-order chi connectivity index (χ1) is 11.1. The molecule has 6 heteroatoms. The quantitative estimate of drug-likeness (QED) is 0.853. The Morgan fingerprint density at radius 2 is 2.13 bits per heavy atom. The number of hydrogen-bond acceptors (Lipinski definition) is 5. The van der Waals surface area contributed by atoms with Gasteiger partial charge < -0.3 is 15.8 Å². The molecule has 0 aliphatic rings. The lowest BCUT2D eigenvalue weighted by molar-refractivity contribution is -0.116. The average molecular weight is 310 g/mol. The van der Waals surface area contributed by atoms with E-state index in [4.69, 9.17) is 15.7 Å². The summed E-state index contributed by atoms with van der Waals surface area (Å²) in [6.07, 6.45) is 0.965. The van der Waals surface area contributed by atoms with Crippen molar-refractivity contribution in [1.29, 1.82) is 5.26 Å². The summed E-state index contributed by atoms with van der Waals surface area (Å²) in [5.41, 5.74) is 7.30. The number of nitrogen functional groups attached to an aromatic ring is 1. The molecular weight excluding hydrogens is 292 g/mol. The lowest BCUT2D eigenvalue weighted by Crippen LogP contribution is -2.14. The molecule has 0 unspecified atom stereocenters. The number of nitrogens with two attached hydrogens (primary N) is 1. The number of rotatable bonds is 6. The minimum atomic E-state index is -0.173. The van der Waals surface area contributed by atoms with Crippen molar-refractivity contribution in [3.8, 4) is 11.9 Å². The lowest BCUT2D eigenvalue weighted by Gasteiger charge is -2.10. The van der Waals surface area contributed by atoms with Gasteiger partial charge in [0, 0.05) is 12.5 Å². The number of nitrogens with zero attached hydrogens (tertiary/aromatic N) is 2. The highest BCUT2D eigenvalue weighted by Gasteiger charge is 2.13. The Balaban J connectivity index is 2.04. The number of carbonyl (C=O) groups is 1. The van der Waals surface area contributed by atoms with Crippen LogP contribution in [0.3, 0.4) is 0 Å². The largest absolute Gasteiger partial charge is 0.477 e. The number of nitrogens with one attached hydrogen (secondary N) is 1. The maximum Gasteiger partial charge on any atom is 0.235 e. The lowest BCUT2D eigenvalue weighted by atomic mass is 10.1. The molecule has 3 N–H and O–H groups in total. The molecule has 2 rings (SSSR count). The van der Waals surface area contributed by atoms with Gasteiger partial charge in [-0.1, -0.05) is 30.3 Å². The third-order valence-electron chi connectivity index (χ3n) is 3.16. The van der Waals surface area contributed by atoms with Crippen LogP contribution in [-0.2, 0) is 11.2 Å². The normalized spacial score (nSPS) is 9.91. The van der Waals surface area contributed by atoms with Gasteiger partial charge in [-0.05, 0) is 18.9 Å². The highest BCUT2D eigenvalue weighted by Crippen LogP contribution is 2.25. The molecule has 0 aliphatic carbocycles. The third-order valence-corrected chi connectivity index (χ3v) is 3.16. The number of carbonyl (C=O) groups excluding carboxylic acids is 1. The van der Waals surface area contributed by atoms with E-state index in [-0.39, 0.29) is 28.9 Å². The molecule has 0 saturated heterocycles. The Hall–Kier alpha value is -3.07. The second-order valence-corrected chi connectivity index (χ2v) is 4.86. The number of ether oxygens (including phenoxy) is 1. The Bertz CT molecular complexity index is 723. The van der Waals surface area contributed by atoms with Crippen LogP contribution in [0.4, 0.5) is 11.5 Å². The van der Waals surface area contributed by atoms with E-state index in [1.807, 2.05) is 36.4 Å². The Morgan fingerprint density at radius 1 is 1.39 bits per heavy atom. The van der Waals surface area contributed by atoms with Crippen LogP contribution >= 0.6 is 0 Å². The molecule has 1 aromatic heterocycles. The summed E-state index contributed by atoms with van der Waals surface area (Å²) in [7, 11) is 0. The zero-order chi connectivity index (χ0) is 16.7. The predicted molar refractivity (Wildman–Crippen MR) is 87.9 cm³/mol. The van der Waals surface area contributed by atoms with E-state index in [2.05, 4.69) is 10.3 Å². The maximum atomic E-state index is 12.0. The van der Waals surface area contributed by atoms with Gasteiger partial charge in [0.15, 0.2) is 0 Å². The van der Waals surface area contributed by atoms with Gasteiger partial charge in [0.1, 0.15) is 17.5 Å². The second kappa shape index (κ2) is 7.80. The molecule has 118 valence electrons. The average Bonchev–Trinajstić information content (AvgIpc) is 2.54. The van der Waals surface area contributed by atoms with Crippen molar-refractivity contribution < 1.29 is 9.53 Å². The number of pyridine rings is 1. The fourth-order valence-electron chi connectivity index (χ4n) is 2.07. The molecule has 0 radical (unpaired) electrons. The smallest absolute Gasteiger partial charge is 0.235 e. The molecule has 2 aromatic rings. The topological polar surface area (TPSA) is 101 Å². The first-order valence-corrected chi connectivity index (χ1v) is 7.31. The summed E-state index contributed by atoms with van der Waals surface area (Å²) in [6.45, 7) is 2.14. The number of amides is 1. The van der Waals surface area contributed by atoms with Crippen molar-refractivity contribution >= 4 is 17.4 Å². The minimum absolute atomic E-state index is 0.133. The highest BCUT2D eigenvalue weighted by molar-refractivity contribution is 5.90. The summed E-state index contributed by atoms with van der Waals surface area (Å²) < 4.78 is 5.30. The number of aromatic nitrogens is 1. The molecule has 0 spiro atoms. The molecule has 0 bridgehead atoms. The van der Waals surface area contributed by atoms with Gasteiger partial charge in [0.05, 0.1) is 12.3 Å². The van der Waals surface area contributed by atoms with Gasteiger partial charge in [-0.3, -0.25) is 4.79 Å². The number of nitriles is 1. The fourth-order valence-corrected chi connectivity index (χ4v) is 2.07. The van der Waals surface area contributed by atoms with Crippen LogP contribution in [0.15, 0.2) is 36.4 Å². The number of anilines is 2. The van der Waals surface area contributed by atoms with Crippen LogP contribution < -0.4 is 15.8 Å². The minimum Gasteiger partial charge on any atom is -0.477 e. The predicted octanol–water partition coefficient (Wildman–Crippen LogP) is 2.51. The van der Waals surface area contributed by atoms with E-state index >= 15 is 0 Å². The van der Waals surface area contributed by atoms with Crippen LogP contribution in [0.2, 0.25) is 0 Å². The van der Waals surface area contributed by atoms with Gasteiger partial charge >= 0.3 is 0 Å². The van der Waals surface area contributed by atoms with Crippen LogP contribution in [0, 0.1) is 11.3 Å². The zero-order valence-electron chi connectivity index (χ0n) is 12.9. The fraction of sp³-hybridized carbons (Fsp3) is 0.235. The Labute approximate surface area is 134 Å². The molecule has 0 aliphatic heterocycles. The van der Waals surface area contributed by atoms with Crippen molar-refractivity contribution in [2.24, 2.45) is 0 Å². The Morgan fingerprint density at radius 3 is 2.78 bits per heavy atom. The summed E-state index contributed by atoms with van der Waals surface area (Å²) in [5, 5.41) is 11.8. The standard InChI is InChI=1S/C17H18N4O2/c1-2-23-17-13(11-18)14(19)10-15(21-17)20-16(22)9-8-12-6-4-3-5-7-12/h3-7,10H,2,8-9H2,1H3,(H3,19,20,21,22). The van der Waals surface area contributed by atoms with Gasteiger partial charge in [-0.15, -0.1) is 0 Å². The number of aryl methyl sites for hydroxylation is 1. The molecule has 1 heterocycles. The second-order valence-electron chi connectivity index (χ2n) is 4.86. The monoisotopic (exact) mass is 310 g/mol. The van der Waals surface area contributed by atoms with E-state index in [0.29, 0.717) is 19.4 Å². The summed E-state index contributed by atoms with van der Waals surface area (Å²) in [5.74, 6) is 0.240. The Kier molecular flexibility index (Phi) is 5.53. The van der Waals surface area contributed by atoms with E-state index in [1.54, 1.807) is 6.92 Å². The third kappa shape index (κ3) is 4.45. The van der Waals surface area contributed by atoms with Crippen LogP contribution in [0.5, 0.6) is 5.88 Å². The van der Waals surface area contributed by atoms with E-state index in [0.717, 1.165) is 5.56 Å². The van der Waals surface area contributed by atoms with Crippen molar-refractivity contribution in [2.75, 3.05) is 17.7 Å². The highest BCUT2D eigenvalue weighted by atomic mass is 16.5. The molecule has 1 amide bonds. The molecular formula is C17H18N4O2. The van der Waals surface area contributed by atoms with E-state index < -0.39 is 0 Å². The van der Waals surface area contributed by atoms with Gasteiger partial charge in [-0.25, -0.2) is 0 Å². The van der Waals surface area contributed by atoms with Crippen molar-refractivity contribution in [2.45, 2.75) is 19.8 Å². The molecule has 0 saturated carbocycles. The maximum absolute atomic E-state index is 12.0. The van der Waals surface area contributed by atoms with Crippen LogP contribution in [-0.4, -0.2) is 17.5 Å². The number of hydrogen-bond donors (Lipinski definition) is 2. The molecule has 0 atom stereocenters. The van der Waals surface area contributed by atoms with Crippen LogP contribution in [0.25, 0.3) is 0 Å². The van der Waals surface area contributed by atoms with Crippen molar-refractivity contribution in [3.05, 3.63) is 47.5 Å². The summed E-state index contributed by atoms with van der Waals surface area (Å²) in [6, 6.07) is 13.2.